The van der Waals surface area contributed by atoms with Crippen LogP contribution in [-0.2, 0) is 4.74 Å². The minimum absolute atomic E-state index is 0.0198. The van der Waals surface area contributed by atoms with Crippen molar-refractivity contribution in [3.05, 3.63) is 47.5 Å². The molecule has 0 bridgehead atoms. The molecule has 2 aromatic rings. The molecule has 29 heavy (non-hydrogen) atoms. The van der Waals surface area contributed by atoms with Gasteiger partial charge in [0.1, 0.15) is 6.17 Å². The third-order valence-electron chi connectivity index (χ3n) is 5.45. The molecule has 2 aromatic carbocycles. The Morgan fingerprint density at radius 1 is 1.10 bits per heavy atom. The quantitative estimate of drug-likeness (QED) is 0.804. The zero-order valence-electron chi connectivity index (χ0n) is 16.9. The molecular weight excluding hydrogens is 372 g/mol. The third kappa shape index (κ3) is 3.58. The molecule has 7 heteroatoms. The Morgan fingerprint density at radius 3 is 2.45 bits per heavy atom. The summed E-state index contributed by atoms with van der Waals surface area (Å²) in [4.78, 5) is 15.2. The van der Waals surface area contributed by atoms with Crippen LogP contribution in [0.1, 0.15) is 34.9 Å². The molecular formula is C22H26N2O5. The Kier molecular flexibility index (Phi) is 5.49. The van der Waals surface area contributed by atoms with E-state index in [1.54, 1.807) is 21.3 Å². The van der Waals surface area contributed by atoms with E-state index in [4.69, 9.17) is 18.9 Å². The largest absolute Gasteiger partial charge is 0.493 e. The molecule has 2 aliphatic rings. The predicted molar refractivity (Wildman–Crippen MR) is 109 cm³/mol. The molecule has 0 aliphatic carbocycles. The van der Waals surface area contributed by atoms with Gasteiger partial charge in [0.05, 0.1) is 33.0 Å². The van der Waals surface area contributed by atoms with Gasteiger partial charge in [-0.05, 0) is 37.1 Å². The topological polar surface area (TPSA) is 69.3 Å². The minimum atomic E-state index is -0.379. The number of methoxy groups -OCH3 is 3. The number of amides is 1. The molecule has 0 radical (unpaired) electrons. The molecule has 1 saturated heterocycles. The Morgan fingerprint density at radius 2 is 1.83 bits per heavy atom. The molecule has 1 N–H and O–H groups in total. The second-order valence-electron chi connectivity index (χ2n) is 7.14. The summed E-state index contributed by atoms with van der Waals surface area (Å²) in [6.45, 7) is 1.26. The van der Waals surface area contributed by atoms with Crippen molar-refractivity contribution >= 4 is 11.6 Å². The number of hydrogen-bond acceptors (Lipinski definition) is 6. The van der Waals surface area contributed by atoms with Crippen LogP contribution in [0.2, 0.25) is 0 Å². The molecule has 7 nitrogen and oxygen atoms in total. The molecule has 2 atom stereocenters. The highest BCUT2D eigenvalue weighted by atomic mass is 16.5. The van der Waals surface area contributed by atoms with Crippen molar-refractivity contribution in [3.63, 3.8) is 0 Å². The summed E-state index contributed by atoms with van der Waals surface area (Å²) in [5.74, 6) is 1.60. The van der Waals surface area contributed by atoms with Crippen molar-refractivity contribution < 1.29 is 23.7 Å². The van der Waals surface area contributed by atoms with Gasteiger partial charge in [0.15, 0.2) is 11.5 Å². The second-order valence-corrected chi connectivity index (χ2v) is 7.14. The number of ether oxygens (including phenoxy) is 4. The van der Waals surface area contributed by atoms with Crippen LogP contribution in [-0.4, -0.2) is 51.4 Å². The third-order valence-corrected chi connectivity index (χ3v) is 5.45. The maximum Gasteiger partial charge on any atom is 0.257 e. The molecule has 0 unspecified atom stereocenters. The van der Waals surface area contributed by atoms with Gasteiger partial charge in [-0.2, -0.15) is 0 Å². The normalized spacial score (nSPS) is 20.8. The summed E-state index contributed by atoms with van der Waals surface area (Å²) in [5, 5.41) is 3.51. The van der Waals surface area contributed by atoms with E-state index in [2.05, 4.69) is 5.32 Å². The highest BCUT2D eigenvalue weighted by molar-refractivity contribution is 6.01. The first-order chi connectivity index (χ1) is 14.2. The first-order valence-corrected chi connectivity index (χ1v) is 9.74. The molecule has 154 valence electrons. The molecule has 4 rings (SSSR count). The second kappa shape index (κ2) is 8.21. The van der Waals surface area contributed by atoms with E-state index >= 15 is 0 Å². The summed E-state index contributed by atoms with van der Waals surface area (Å²) >= 11 is 0. The lowest BCUT2D eigenvalue weighted by Gasteiger charge is -2.39. The van der Waals surface area contributed by atoms with Crippen molar-refractivity contribution in [2.75, 3.05) is 39.8 Å². The van der Waals surface area contributed by atoms with E-state index in [9.17, 15) is 4.79 Å². The van der Waals surface area contributed by atoms with Crippen molar-refractivity contribution in [3.8, 4) is 17.2 Å². The number of rotatable bonds is 6. The van der Waals surface area contributed by atoms with Crippen LogP contribution in [0.25, 0.3) is 0 Å². The fraction of sp³-hybridized carbons (Fsp3) is 0.409. The fourth-order valence-electron chi connectivity index (χ4n) is 4.01. The number of anilines is 1. The van der Waals surface area contributed by atoms with Gasteiger partial charge in [0, 0.05) is 24.4 Å². The van der Waals surface area contributed by atoms with Crippen LogP contribution in [0.15, 0.2) is 36.4 Å². The van der Waals surface area contributed by atoms with Gasteiger partial charge in [-0.1, -0.05) is 12.1 Å². The number of para-hydroxylation sites is 1. The molecule has 1 fully saturated rings. The lowest BCUT2D eigenvalue weighted by molar-refractivity contribution is 0.0426. The summed E-state index contributed by atoms with van der Waals surface area (Å²) < 4.78 is 22.3. The SMILES string of the molecule is COc1cc([C@H]2Nc3ccccc3C(=O)N2C[C@H]2CCCO2)cc(OC)c1OC. The zero-order valence-corrected chi connectivity index (χ0v) is 16.9. The van der Waals surface area contributed by atoms with Crippen LogP contribution in [0.3, 0.4) is 0 Å². The average molecular weight is 398 g/mol. The van der Waals surface area contributed by atoms with Crippen LogP contribution < -0.4 is 19.5 Å². The molecule has 2 heterocycles. The maximum atomic E-state index is 13.4. The van der Waals surface area contributed by atoms with Crippen molar-refractivity contribution in [1.29, 1.82) is 0 Å². The van der Waals surface area contributed by atoms with Crippen LogP contribution >= 0.6 is 0 Å². The number of hydrogen-bond donors (Lipinski definition) is 1. The number of benzene rings is 2. The van der Waals surface area contributed by atoms with Gasteiger partial charge in [-0.3, -0.25) is 4.79 Å². The highest BCUT2D eigenvalue weighted by Crippen LogP contribution is 2.42. The van der Waals surface area contributed by atoms with Crippen LogP contribution in [0.5, 0.6) is 17.2 Å². The summed E-state index contributed by atoms with van der Waals surface area (Å²) in [7, 11) is 4.74. The molecule has 0 aromatic heterocycles. The fourth-order valence-corrected chi connectivity index (χ4v) is 4.01. The average Bonchev–Trinajstić information content (AvgIpc) is 3.27. The molecule has 1 amide bonds. The van der Waals surface area contributed by atoms with Gasteiger partial charge >= 0.3 is 0 Å². The minimum Gasteiger partial charge on any atom is -0.493 e. The zero-order chi connectivity index (χ0) is 20.4. The standard InChI is InChI=1S/C22H26N2O5/c1-26-18-11-14(12-19(27-2)20(18)28-3)21-23-17-9-5-4-8-16(17)22(25)24(21)13-15-7-6-10-29-15/h4-5,8-9,11-12,15,21,23H,6-7,10,13H2,1-3H3/t15-,21+/m1/s1. The summed E-state index contributed by atoms with van der Waals surface area (Å²) in [6, 6.07) is 11.3. The van der Waals surface area contributed by atoms with E-state index in [0.717, 1.165) is 30.7 Å². The summed E-state index contributed by atoms with van der Waals surface area (Å²) in [5.41, 5.74) is 2.31. The number of nitrogens with one attached hydrogen (secondary N) is 1. The van der Waals surface area contributed by atoms with Gasteiger partial charge in [-0.25, -0.2) is 0 Å². The smallest absolute Gasteiger partial charge is 0.257 e. The van der Waals surface area contributed by atoms with Gasteiger partial charge < -0.3 is 29.2 Å². The Balaban J connectivity index is 1.77. The Bertz CT molecular complexity index is 870. The van der Waals surface area contributed by atoms with Crippen molar-refractivity contribution in [2.24, 2.45) is 0 Å². The lowest BCUT2D eigenvalue weighted by Crippen LogP contribution is -2.46. The molecule has 0 saturated carbocycles. The highest BCUT2D eigenvalue weighted by Gasteiger charge is 2.36. The van der Waals surface area contributed by atoms with Gasteiger partial charge in [0.2, 0.25) is 5.75 Å². The monoisotopic (exact) mass is 398 g/mol. The van der Waals surface area contributed by atoms with Crippen molar-refractivity contribution in [1.82, 2.24) is 4.90 Å². The van der Waals surface area contributed by atoms with E-state index < -0.39 is 0 Å². The predicted octanol–water partition coefficient (Wildman–Crippen LogP) is 3.46. The molecule has 0 spiro atoms. The number of carbonyl (C=O) groups excluding carboxylic acids is 1. The van der Waals surface area contributed by atoms with E-state index in [1.165, 1.54) is 0 Å². The van der Waals surface area contributed by atoms with Gasteiger partial charge in [0.25, 0.3) is 5.91 Å². The lowest BCUT2D eigenvalue weighted by atomic mass is 10.0. The van der Waals surface area contributed by atoms with E-state index in [1.807, 2.05) is 41.3 Å². The summed E-state index contributed by atoms with van der Waals surface area (Å²) in [6.07, 6.45) is 1.63. The number of fused-ring (bicyclic) bond motifs is 1. The maximum absolute atomic E-state index is 13.4. The Hall–Kier alpha value is -2.93. The van der Waals surface area contributed by atoms with Crippen molar-refractivity contribution in [2.45, 2.75) is 25.1 Å². The first-order valence-electron chi connectivity index (χ1n) is 9.74. The van der Waals surface area contributed by atoms with E-state index in [0.29, 0.717) is 29.4 Å². The number of nitrogens with zero attached hydrogens (tertiary/aromatic N) is 1. The van der Waals surface area contributed by atoms with Gasteiger partial charge in [-0.15, -0.1) is 0 Å². The Labute approximate surface area is 170 Å². The molecule has 2 aliphatic heterocycles. The number of carbonyl (C=O) groups is 1. The van der Waals surface area contributed by atoms with Crippen LogP contribution in [0, 0.1) is 0 Å². The van der Waals surface area contributed by atoms with Crippen LogP contribution in [0.4, 0.5) is 5.69 Å². The van der Waals surface area contributed by atoms with E-state index in [-0.39, 0.29) is 18.2 Å². The first kappa shape index (κ1) is 19.4.